The fraction of sp³-hybridized carbons (Fsp3) is 0.833. The molecule has 100 valence electrons. The van der Waals surface area contributed by atoms with E-state index in [0.29, 0.717) is 24.5 Å². The minimum atomic E-state index is 0.0720. The van der Waals surface area contributed by atoms with Crippen molar-refractivity contribution in [2.75, 3.05) is 32.9 Å². The van der Waals surface area contributed by atoms with E-state index in [1.165, 1.54) is 12.8 Å². The molecule has 0 amide bonds. The third-order valence-electron chi connectivity index (χ3n) is 3.32. The smallest absolute Gasteiger partial charge is 0.235 e. The lowest BCUT2D eigenvalue weighted by Gasteiger charge is -2.33. The summed E-state index contributed by atoms with van der Waals surface area (Å²) in [4.78, 5) is 2.30. The first-order chi connectivity index (χ1) is 8.83. The number of rotatable bonds is 5. The molecule has 18 heavy (non-hydrogen) atoms. The molecule has 1 aromatic heterocycles. The third-order valence-corrected chi connectivity index (χ3v) is 3.32. The van der Waals surface area contributed by atoms with Crippen molar-refractivity contribution in [1.29, 1.82) is 0 Å². The molecular formula is C12H19N3O3. The quantitative estimate of drug-likeness (QED) is 0.778. The van der Waals surface area contributed by atoms with Crippen molar-refractivity contribution in [3.63, 3.8) is 0 Å². The highest BCUT2D eigenvalue weighted by atomic mass is 16.5. The molecule has 1 saturated heterocycles. The molecule has 1 aliphatic heterocycles. The van der Waals surface area contributed by atoms with Crippen molar-refractivity contribution >= 4 is 0 Å². The number of ether oxygens (including phenoxy) is 2. The molecule has 0 N–H and O–H groups in total. The van der Waals surface area contributed by atoms with Gasteiger partial charge in [0.05, 0.1) is 25.9 Å². The molecule has 6 nitrogen and oxygen atoms in total. The predicted octanol–water partition coefficient (Wildman–Crippen LogP) is 0.930. The van der Waals surface area contributed by atoms with Gasteiger partial charge in [-0.05, 0) is 12.8 Å². The summed E-state index contributed by atoms with van der Waals surface area (Å²) in [6.45, 7) is 5.74. The SMILES string of the molecule is Cc1nnc(C2COCCN2CCOC2CC2)o1. The van der Waals surface area contributed by atoms with Gasteiger partial charge in [0.2, 0.25) is 11.8 Å². The van der Waals surface area contributed by atoms with Crippen LogP contribution < -0.4 is 0 Å². The molecule has 1 aliphatic carbocycles. The van der Waals surface area contributed by atoms with E-state index in [1.54, 1.807) is 6.92 Å². The van der Waals surface area contributed by atoms with E-state index in [0.717, 1.165) is 26.3 Å². The lowest BCUT2D eigenvalue weighted by atomic mass is 10.2. The maximum Gasteiger partial charge on any atom is 0.235 e. The van der Waals surface area contributed by atoms with Gasteiger partial charge in [0.25, 0.3) is 0 Å². The average Bonchev–Trinajstić information content (AvgIpc) is 3.11. The molecule has 0 bridgehead atoms. The Morgan fingerprint density at radius 2 is 2.28 bits per heavy atom. The minimum Gasteiger partial charge on any atom is -0.424 e. The molecule has 2 aliphatic rings. The molecule has 0 radical (unpaired) electrons. The molecule has 1 unspecified atom stereocenters. The topological polar surface area (TPSA) is 60.6 Å². The molecule has 0 aromatic carbocycles. The first-order valence-corrected chi connectivity index (χ1v) is 6.56. The van der Waals surface area contributed by atoms with Gasteiger partial charge in [-0.2, -0.15) is 0 Å². The zero-order valence-electron chi connectivity index (χ0n) is 10.7. The van der Waals surface area contributed by atoms with Crippen molar-refractivity contribution in [3.05, 3.63) is 11.8 Å². The van der Waals surface area contributed by atoms with Gasteiger partial charge in [0, 0.05) is 20.0 Å². The summed E-state index contributed by atoms with van der Waals surface area (Å²) < 4.78 is 16.7. The van der Waals surface area contributed by atoms with E-state index < -0.39 is 0 Å². The van der Waals surface area contributed by atoms with Crippen molar-refractivity contribution < 1.29 is 13.9 Å². The average molecular weight is 253 g/mol. The summed E-state index contributed by atoms with van der Waals surface area (Å²) >= 11 is 0. The summed E-state index contributed by atoms with van der Waals surface area (Å²) in [6.07, 6.45) is 2.94. The van der Waals surface area contributed by atoms with Crippen LogP contribution in [0.4, 0.5) is 0 Å². The highest BCUT2D eigenvalue weighted by Crippen LogP contribution is 2.25. The lowest BCUT2D eigenvalue weighted by molar-refractivity contribution is -0.0314. The first kappa shape index (κ1) is 12.1. The summed E-state index contributed by atoms with van der Waals surface area (Å²) in [7, 11) is 0. The Kier molecular flexibility index (Phi) is 3.58. The van der Waals surface area contributed by atoms with Crippen LogP contribution in [-0.2, 0) is 9.47 Å². The Labute approximate surface area is 106 Å². The van der Waals surface area contributed by atoms with Gasteiger partial charge in [0.1, 0.15) is 6.04 Å². The van der Waals surface area contributed by atoms with Crippen molar-refractivity contribution in [1.82, 2.24) is 15.1 Å². The molecule has 1 atom stereocenters. The number of nitrogens with zero attached hydrogens (tertiary/aromatic N) is 3. The van der Waals surface area contributed by atoms with Gasteiger partial charge in [-0.15, -0.1) is 10.2 Å². The number of hydrogen-bond acceptors (Lipinski definition) is 6. The van der Waals surface area contributed by atoms with E-state index in [2.05, 4.69) is 15.1 Å². The summed E-state index contributed by atoms with van der Waals surface area (Å²) in [5.41, 5.74) is 0. The van der Waals surface area contributed by atoms with Gasteiger partial charge >= 0.3 is 0 Å². The van der Waals surface area contributed by atoms with Gasteiger partial charge < -0.3 is 13.9 Å². The molecule has 1 aromatic rings. The van der Waals surface area contributed by atoms with Gasteiger partial charge in [-0.3, -0.25) is 4.90 Å². The molecule has 0 spiro atoms. The van der Waals surface area contributed by atoms with Crippen LogP contribution >= 0.6 is 0 Å². The standard InChI is InChI=1S/C12H19N3O3/c1-9-13-14-12(18-9)11-8-16-6-4-15(11)5-7-17-10-2-3-10/h10-11H,2-8H2,1H3. The van der Waals surface area contributed by atoms with E-state index in [4.69, 9.17) is 13.9 Å². The number of morpholine rings is 1. The zero-order valence-corrected chi connectivity index (χ0v) is 10.7. The second-order valence-electron chi connectivity index (χ2n) is 4.86. The molecule has 6 heteroatoms. The van der Waals surface area contributed by atoms with Crippen LogP contribution in [0.2, 0.25) is 0 Å². The Hall–Kier alpha value is -0.980. The second-order valence-corrected chi connectivity index (χ2v) is 4.86. The Morgan fingerprint density at radius 1 is 1.39 bits per heavy atom. The highest BCUT2D eigenvalue weighted by molar-refractivity contribution is 4.92. The highest BCUT2D eigenvalue weighted by Gasteiger charge is 2.29. The number of aromatic nitrogens is 2. The maximum atomic E-state index is 5.70. The van der Waals surface area contributed by atoms with Gasteiger partial charge in [-0.1, -0.05) is 0 Å². The van der Waals surface area contributed by atoms with Gasteiger partial charge in [-0.25, -0.2) is 0 Å². The van der Waals surface area contributed by atoms with E-state index in [-0.39, 0.29) is 6.04 Å². The van der Waals surface area contributed by atoms with E-state index in [1.807, 2.05) is 0 Å². The summed E-state index contributed by atoms with van der Waals surface area (Å²) in [5.74, 6) is 1.25. The fourth-order valence-corrected chi connectivity index (χ4v) is 2.15. The van der Waals surface area contributed by atoms with E-state index >= 15 is 0 Å². The second kappa shape index (κ2) is 5.34. The van der Waals surface area contributed by atoms with Crippen molar-refractivity contribution in [2.24, 2.45) is 0 Å². The van der Waals surface area contributed by atoms with Crippen LogP contribution in [0.15, 0.2) is 4.42 Å². The van der Waals surface area contributed by atoms with Crippen molar-refractivity contribution in [3.8, 4) is 0 Å². The molecule has 2 heterocycles. The molecule has 3 rings (SSSR count). The Balaban J connectivity index is 1.58. The fourth-order valence-electron chi connectivity index (χ4n) is 2.15. The number of aryl methyl sites for hydroxylation is 1. The largest absolute Gasteiger partial charge is 0.424 e. The Bertz CT molecular complexity index is 392. The normalized spacial score (nSPS) is 25.5. The van der Waals surface area contributed by atoms with Gasteiger partial charge in [0.15, 0.2) is 0 Å². The summed E-state index contributed by atoms with van der Waals surface area (Å²) in [5, 5.41) is 7.98. The number of hydrogen-bond donors (Lipinski definition) is 0. The molecular weight excluding hydrogens is 234 g/mol. The first-order valence-electron chi connectivity index (χ1n) is 6.56. The zero-order chi connectivity index (χ0) is 12.4. The molecule has 2 fully saturated rings. The van der Waals surface area contributed by atoms with E-state index in [9.17, 15) is 0 Å². The van der Waals surface area contributed by atoms with Crippen LogP contribution in [0, 0.1) is 6.92 Å². The summed E-state index contributed by atoms with van der Waals surface area (Å²) in [6, 6.07) is 0.0720. The van der Waals surface area contributed by atoms with Crippen molar-refractivity contribution in [2.45, 2.75) is 31.9 Å². The maximum absolute atomic E-state index is 5.70. The molecule has 1 saturated carbocycles. The van der Waals surface area contributed by atoms with Crippen LogP contribution in [0.5, 0.6) is 0 Å². The predicted molar refractivity (Wildman–Crippen MR) is 63.1 cm³/mol. The monoisotopic (exact) mass is 253 g/mol. The third kappa shape index (κ3) is 2.88. The Morgan fingerprint density at radius 3 is 3.00 bits per heavy atom. The van der Waals surface area contributed by atoms with Crippen LogP contribution in [0.25, 0.3) is 0 Å². The van der Waals surface area contributed by atoms with Crippen LogP contribution in [0.3, 0.4) is 0 Å². The van der Waals surface area contributed by atoms with Crippen LogP contribution in [-0.4, -0.2) is 54.1 Å². The lowest BCUT2D eigenvalue weighted by Crippen LogP contribution is -2.41. The minimum absolute atomic E-state index is 0.0720. The van der Waals surface area contributed by atoms with Crippen LogP contribution in [0.1, 0.15) is 30.7 Å².